The van der Waals surface area contributed by atoms with E-state index in [2.05, 4.69) is 63.4 Å². The lowest BCUT2D eigenvalue weighted by Crippen LogP contribution is -2.43. The summed E-state index contributed by atoms with van der Waals surface area (Å²) in [6.45, 7) is 1.83. The van der Waals surface area contributed by atoms with Crippen molar-refractivity contribution in [2.45, 2.75) is 18.9 Å². The van der Waals surface area contributed by atoms with Crippen molar-refractivity contribution in [3.8, 4) is 0 Å². The van der Waals surface area contributed by atoms with Crippen molar-refractivity contribution in [2.24, 2.45) is 11.8 Å². The number of amides is 1. The molecule has 6 nitrogen and oxygen atoms in total. The quantitative estimate of drug-likeness (QED) is 0.577. The highest BCUT2D eigenvalue weighted by Gasteiger charge is 2.31. The van der Waals surface area contributed by atoms with Crippen LogP contribution in [0.15, 0.2) is 73.1 Å². The first-order chi connectivity index (χ1) is 15.7. The molecule has 0 spiro atoms. The van der Waals surface area contributed by atoms with Gasteiger partial charge in [0, 0.05) is 36.7 Å². The molecule has 2 aliphatic heterocycles. The number of hydrogen-bond donors (Lipinski definition) is 3. The summed E-state index contributed by atoms with van der Waals surface area (Å²) in [6, 6.07) is 20.7. The van der Waals surface area contributed by atoms with E-state index in [9.17, 15) is 4.79 Å². The van der Waals surface area contributed by atoms with E-state index < -0.39 is 0 Å². The second-order valence-electron chi connectivity index (χ2n) is 8.98. The minimum absolute atomic E-state index is 0.0111. The number of rotatable bonds is 5. The minimum atomic E-state index is -0.0111. The molecule has 6 heteroatoms. The summed E-state index contributed by atoms with van der Waals surface area (Å²) in [5.41, 5.74) is 12.0. The second-order valence-corrected chi connectivity index (χ2v) is 8.98. The van der Waals surface area contributed by atoms with E-state index in [-0.39, 0.29) is 17.9 Å². The van der Waals surface area contributed by atoms with Crippen LogP contribution in [0.3, 0.4) is 0 Å². The first kappa shape index (κ1) is 20.7. The number of nitrogens with one attached hydrogen (secondary N) is 3. The molecule has 0 radical (unpaired) electrons. The second kappa shape index (κ2) is 9.10. The monoisotopic (exact) mass is 427 g/mol. The van der Waals surface area contributed by atoms with Gasteiger partial charge in [0.1, 0.15) is 0 Å². The molecule has 3 unspecified atom stereocenters. The van der Waals surface area contributed by atoms with Gasteiger partial charge < -0.3 is 15.6 Å². The highest BCUT2D eigenvalue weighted by atomic mass is 16.1. The molecule has 0 saturated carbocycles. The van der Waals surface area contributed by atoms with E-state index in [1.54, 1.807) is 12.4 Å². The van der Waals surface area contributed by atoms with E-state index in [1.165, 1.54) is 5.56 Å². The number of hydrazine groups is 1. The van der Waals surface area contributed by atoms with Gasteiger partial charge in [-0.1, -0.05) is 30.3 Å². The average molecular weight is 428 g/mol. The number of nitrogens with zero attached hydrogens (tertiary/aromatic N) is 2. The predicted molar refractivity (Wildman–Crippen MR) is 127 cm³/mol. The molecule has 3 heterocycles. The molecule has 2 aliphatic rings. The summed E-state index contributed by atoms with van der Waals surface area (Å²) in [5, 5.41) is 3.18. The van der Waals surface area contributed by atoms with Gasteiger partial charge in [0.2, 0.25) is 5.91 Å². The number of fused-ring (bicyclic) bond motifs is 1. The van der Waals surface area contributed by atoms with Crippen LogP contribution in [0.4, 0.5) is 11.4 Å². The number of pyridine rings is 1. The number of piperidine rings is 1. The van der Waals surface area contributed by atoms with Crippen LogP contribution in [0, 0.1) is 11.8 Å². The Morgan fingerprint density at radius 3 is 2.72 bits per heavy atom. The Bertz CT molecular complexity index is 1070. The molecule has 1 aromatic heterocycles. The van der Waals surface area contributed by atoms with Crippen LogP contribution in [0.1, 0.15) is 29.2 Å². The van der Waals surface area contributed by atoms with Crippen molar-refractivity contribution in [3.05, 3.63) is 89.7 Å². The zero-order valence-electron chi connectivity index (χ0n) is 18.3. The van der Waals surface area contributed by atoms with E-state index in [0.29, 0.717) is 5.92 Å². The standard InChI is InChI=1S/C26H29N5O/c1-31-16-19(13-18-5-3-2-4-6-18)14-21(17-31)26(32)28-22-7-8-24-23(15-22)25(30-29-24)20-9-11-27-12-10-20/h2-12,15,19,21,25,29-30H,13-14,16-17H2,1H3,(H,28,32). The lowest BCUT2D eigenvalue weighted by Gasteiger charge is -2.35. The smallest absolute Gasteiger partial charge is 0.228 e. The molecule has 5 rings (SSSR count). The first-order valence-corrected chi connectivity index (χ1v) is 11.2. The molecule has 32 heavy (non-hydrogen) atoms. The lowest BCUT2D eigenvalue weighted by atomic mass is 9.85. The molecule has 0 bridgehead atoms. The minimum Gasteiger partial charge on any atom is -0.326 e. The van der Waals surface area contributed by atoms with Crippen LogP contribution in [-0.2, 0) is 11.2 Å². The van der Waals surface area contributed by atoms with E-state index in [0.717, 1.165) is 48.4 Å². The largest absolute Gasteiger partial charge is 0.326 e. The van der Waals surface area contributed by atoms with Gasteiger partial charge in [-0.05, 0) is 67.3 Å². The molecule has 164 valence electrons. The molecule has 3 aromatic rings. The fourth-order valence-corrected chi connectivity index (χ4v) is 5.01. The van der Waals surface area contributed by atoms with Gasteiger partial charge in [-0.15, -0.1) is 0 Å². The molecule has 1 amide bonds. The number of hydrogen-bond acceptors (Lipinski definition) is 5. The lowest BCUT2D eigenvalue weighted by molar-refractivity contribution is -0.122. The van der Waals surface area contributed by atoms with Crippen molar-refractivity contribution >= 4 is 17.3 Å². The molecule has 0 aliphatic carbocycles. The van der Waals surface area contributed by atoms with Crippen LogP contribution >= 0.6 is 0 Å². The number of anilines is 2. The van der Waals surface area contributed by atoms with Crippen LogP contribution in [0.5, 0.6) is 0 Å². The highest BCUT2D eigenvalue weighted by molar-refractivity contribution is 5.93. The van der Waals surface area contributed by atoms with Gasteiger partial charge in [-0.3, -0.25) is 9.78 Å². The van der Waals surface area contributed by atoms with Gasteiger partial charge in [0.05, 0.1) is 17.6 Å². The van der Waals surface area contributed by atoms with Gasteiger partial charge >= 0.3 is 0 Å². The molecular weight excluding hydrogens is 398 g/mol. The third-order valence-corrected chi connectivity index (χ3v) is 6.48. The highest BCUT2D eigenvalue weighted by Crippen LogP contribution is 2.35. The van der Waals surface area contributed by atoms with E-state index >= 15 is 0 Å². The number of aromatic nitrogens is 1. The molecule has 3 N–H and O–H groups in total. The van der Waals surface area contributed by atoms with Crippen LogP contribution < -0.4 is 16.2 Å². The molecule has 2 aromatic carbocycles. The Balaban J connectivity index is 1.28. The third-order valence-electron chi connectivity index (χ3n) is 6.48. The molecule has 3 atom stereocenters. The van der Waals surface area contributed by atoms with Crippen molar-refractivity contribution < 1.29 is 4.79 Å². The number of likely N-dealkylation sites (tertiary alicyclic amines) is 1. The molecular formula is C26H29N5O. The maximum Gasteiger partial charge on any atom is 0.228 e. The predicted octanol–water partition coefficient (Wildman–Crippen LogP) is 3.85. The fourth-order valence-electron chi connectivity index (χ4n) is 5.01. The fraction of sp³-hybridized carbons (Fsp3) is 0.308. The summed E-state index contributed by atoms with van der Waals surface area (Å²) < 4.78 is 0. The van der Waals surface area contributed by atoms with Crippen LogP contribution in [-0.4, -0.2) is 35.9 Å². The van der Waals surface area contributed by atoms with E-state index in [4.69, 9.17) is 0 Å². The van der Waals surface area contributed by atoms with Crippen LogP contribution in [0.25, 0.3) is 0 Å². The summed E-state index contributed by atoms with van der Waals surface area (Å²) in [7, 11) is 2.11. The number of benzene rings is 2. The maximum atomic E-state index is 13.2. The Kier molecular flexibility index (Phi) is 5.88. The summed E-state index contributed by atoms with van der Waals surface area (Å²) in [6.07, 6.45) is 5.52. The number of carbonyl (C=O) groups excluding carboxylic acids is 1. The molecule has 1 fully saturated rings. The van der Waals surface area contributed by atoms with Crippen LogP contribution in [0.2, 0.25) is 0 Å². The van der Waals surface area contributed by atoms with E-state index in [1.807, 2.05) is 30.3 Å². The number of carbonyl (C=O) groups is 1. The van der Waals surface area contributed by atoms with Gasteiger partial charge in [-0.25, -0.2) is 5.43 Å². The summed E-state index contributed by atoms with van der Waals surface area (Å²) in [5.74, 6) is 0.577. The summed E-state index contributed by atoms with van der Waals surface area (Å²) >= 11 is 0. The maximum absolute atomic E-state index is 13.2. The van der Waals surface area contributed by atoms with Crippen molar-refractivity contribution in [1.29, 1.82) is 0 Å². The Labute approximate surface area is 189 Å². The Hall–Kier alpha value is -3.22. The van der Waals surface area contributed by atoms with Crippen molar-refractivity contribution in [2.75, 3.05) is 30.9 Å². The Morgan fingerprint density at radius 2 is 1.91 bits per heavy atom. The topological polar surface area (TPSA) is 69.3 Å². The third kappa shape index (κ3) is 4.52. The van der Waals surface area contributed by atoms with Gasteiger partial charge in [0.15, 0.2) is 0 Å². The molecule has 1 saturated heterocycles. The van der Waals surface area contributed by atoms with Gasteiger partial charge in [0.25, 0.3) is 0 Å². The zero-order valence-corrected chi connectivity index (χ0v) is 18.3. The first-order valence-electron chi connectivity index (χ1n) is 11.2. The summed E-state index contributed by atoms with van der Waals surface area (Å²) in [4.78, 5) is 19.6. The normalized spacial score (nSPS) is 22.7. The SMILES string of the molecule is CN1CC(Cc2ccccc2)CC(C(=O)Nc2ccc3c(c2)C(c2ccncc2)NN3)C1. The zero-order chi connectivity index (χ0) is 21.9. The average Bonchev–Trinajstić information content (AvgIpc) is 3.23. The van der Waals surface area contributed by atoms with Crippen molar-refractivity contribution in [3.63, 3.8) is 0 Å². The Morgan fingerprint density at radius 1 is 1.09 bits per heavy atom. The van der Waals surface area contributed by atoms with Crippen molar-refractivity contribution in [1.82, 2.24) is 15.3 Å². The van der Waals surface area contributed by atoms with Gasteiger partial charge in [-0.2, -0.15) is 0 Å².